The Morgan fingerprint density at radius 3 is 2.50 bits per heavy atom. The second-order valence-corrected chi connectivity index (χ2v) is 11.2. The smallest absolute Gasteiger partial charge is 0.275 e. The molecule has 40 heavy (non-hydrogen) atoms. The summed E-state index contributed by atoms with van der Waals surface area (Å²) in [7, 11) is -3.99. The fourth-order valence-electron chi connectivity index (χ4n) is 3.60. The van der Waals surface area contributed by atoms with Crippen molar-refractivity contribution < 1.29 is 18.0 Å². The zero-order valence-electron chi connectivity index (χ0n) is 21.2. The molecule has 0 aliphatic heterocycles. The number of hydrogen-bond acceptors (Lipinski definition) is 9. The summed E-state index contributed by atoms with van der Waals surface area (Å²) in [5.74, 6) is -1.69. The molecule has 0 bridgehead atoms. The number of Topliss-reactive ketones (excluding diaryl/α,β-unsaturated/α-hetero) is 1. The Morgan fingerprint density at radius 1 is 1.15 bits per heavy atom. The first-order valence-corrected chi connectivity index (χ1v) is 14.4. The third-order valence-corrected chi connectivity index (χ3v) is 7.49. The van der Waals surface area contributed by atoms with Crippen LogP contribution in [0.5, 0.6) is 0 Å². The van der Waals surface area contributed by atoms with Crippen molar-refractivity contribution in [2.75, 3.05) is 11.3 Å². The normalized spacial score (nSPS) is 11.8. The highest BCUT2D eigenvalue weighted by Gasteiger charge is 2.24. The van der Waals surface area contributed by atoms with E-state index in [1.165, 1.54) is 48.8 Å². The van der Waals surface area contributed by atoms with Gasteiger partial charge in [0.25, 0.3) is 5.56 Å². The molecule has 2 heterocycles. The van der Waals surface area contributed by atoms with Gasteiger partial charge < -0.3 is 27.1 Å². The van der Waals surface area contributed by atoms with Gasteiger partial charge in [0, 0.05) is 29.9 Å². The maximum absolute atomic E-state index is 12.9. The molecule has 0 saturated carbocycles. The van der Waals surface area contributed by atoms with Gasteiger partial charge in [0.1, 0.15) is 18.1 Å². The molecule has 0 aliphatic carbocycles. The van der Waals surface area contributed by atoms with Gasteiger partial charge in [-0.05, 0) is 30.5 Å². The van der Waals surface area contributed by atoms with Crippen molar-refractivity contribution >= 4 is 50.5 Å². The molecule has 16 heteroatoms. The first-order valence-electron chi connectivity index (χ1n) is 11.9. The molecule has 1 aromatic carbocycles. The Morgan fingerprint density at radius 2 is 1.88 bits per heavy atom. The molecular weight excluding hydrogens is 558 g/mol. The van der Waals surface area contributed by atoms with E-state index in [9.17, 15) is 22.8 Å². The number of pyridine rings is 1. The van der Waals surface area contributed by atoms with Crippen LogP contribution in [0.15, 0.2) is 64.0 Å². The Bertz CT molecular complexity index is 1550. The van der Waals surface area contributed by atoms with Crippen LogP contribution < -0.4 is 32.8 Å². The number of amidine groups is 1. The Kier molecular flexibility index (Phi) is 10.1. The lowest BCUT2D eigenvalue weighted by Crippen LogP contribution is -2.43. The number of rotatable bonds is 14. The van der Waals surface area contributed by atoms with Crippen LogP contribution in [-0.2, 0) is 27.1 Å². The van der Waals surface area contributed by atoms with E-state index in [0.29, 0.717) is 17.5 Å². The largest absolute Gasteiger partial charge is 0.384 e. The molecule has 3 aromatic rings. The minimum Gasteiger partial charge on any atom is -0.384 e. The van der Waals surface area contributed by atoms with Crippen LogP contribution in [0.2, 0.25) is 0 Å². The fourth-order valence-corrected chi connectivity index (χ4v) is 5.43. The van der Waals surface area contributed by atoms with E-state index in [2.05, 4.69) is 20.0 Å². The van der Waals surface area contributed by atoms with Crippen molar-refractivity contribution in [1.29, 1.82) is 5.41 Å². The zero-order valence-corrected chi connectivity index (χ0v) is 22.9. The van der Waals surface area contributed by atoms with E-state index in [4.69, 9.17) is 22.6 Å². The summed E-state index contributed by atoms with van der Waals surface area (Å²) in [5, 5.41) is 11.9. The third-order valence-electron chi connectivity index (χ3n) is 5.46. The van der Waals surface area contributed by atoms with Crippen LogP contribution in [0.3, 0.4) is 0 Å². The summed E-state index contributed by atoms with van der Waals surface area (Å²) in [6, 6.07) is 7.85. The molecule has 3 rings (SSSR count). The summed E-state index contributed by atoms with van der Waals surface area (Å²) < 4.78 is 28.7. The third kappa shape index (κ3) is 8.74. The number of nitrogens with zero attached hydrogens (tertiary/aromatic N) is 3. The van der Waals surface area contributed by atoms with Gasteiger partial charge in [-0.3, -0.25) is 29.5 Å². The number of thiazole rings is 1. The molecule has 0 spiro atoms. The maximum atomic E-state index is 12.9. The number of benzene rings is 1. The maximum Gasteiger partial charge on any atom is 0.275 e. The highest BCUT2D eigenvalue weighted by molar-refractivity contribution is 7.91. The summed E-state index contributed by atoms with van der Waals surface area (Å²) in [5.41, 5.74) is 15.9. The molecule has 1 amide bonds. The fraction of sp³-hybridized carbons (Fsp3) is 0.250. The minimum absolute atomic E-state index is 0.0902. The average molecular weight is 588 g/mol. The Hall–Kier alpha value is -4.57. The predicted molar refractivity (Wildman–Crippen MR) is 153 cm³/mol. The van der Waals surface area contributed by atoms with Crippen LogP contribution in [0, 0.1) is 5.41 Å². The van der Waals surface area contributed by atoms with Crippen LogP contribution in [0.1, 0.15) is 33.8 Å². The van der Waals surface area contributed by atoms with Gasteiger partial charge in [0.15, 0.2) is 11.0 Å². The number of hydrogen-bond donors (Lipinski definition) is 6. The van der Waals surface area contributed by atoms with Gasteiger partial charge in [0.05, 0.1) is 11.8 Å². The SMILES string of the molecule is N=C(N)c1ccc(CS(=O)(=O)Nc2cccn(CC(=O)N[C@@H](CCCN=C(N)N)C(=O)c3nccs3)c2=O)cc1. The summed E-state index contributed by atoms with van der Waals surface area (Å²) in [6.45, 7) is -0.209. The Labute approximate surface area is 233 Å². The second-order valence-electron chi connectivity index (χ2n) is 8.60. The van der Waals surface area contributed by atoms with Crippen LogP contribution in [-0.4, -0.2) is 54.0 Å². The molecule has 0 radical (unpaired) electrons. The van der Waals surface area contributed by atoms with Gasteiger partial charge in [-0.1, -0.05) is 24.3 Å². The highest BCUT2D eigenvalue weighted by atomic mass is 32.2. The topological polar surface area (TPSA) is 242 Å². The number of nitrogens with one attached hydrogen (secondary N) is 3. The van der Waals surface area contributed by atoms with Crippen molar-refractivity contribution in [1.82, 2.24) is 14.9 Å². The van der Waals surface area contributed by atoms with Crippen LogP contribution in [0.4, 0.5) is 5.69 Å². The number of sulfonamides is 1. The van der Waals surface area contributed by atoms with Gasteiger partial charge >= 0.3 is 0 Å². The monoisotopic (exact) mass is 587 g/mol. The van der Waals surface area contributed by atoms with Crippen LogP contribution in [0.25, 0.3) is 0 Å². The summed E-state index contributed by atoms with van der Waals surface area (Å²) in [6.07, 6.45) is 3.43. The number of carbonyl (C=O) groups is 2. The molecule has 1 atom stereocenters. The van der Waals surface area contributed by atoms with E-state index in [-0.39, 0.29) is 35.5 Å². The first kappa shape index (κ1) is 30.0. The van der Waals surface area contributed by atoms with Gasteiger partial charge in [-0.15, -0.1) is 11.3 Å². The molecule has 14 nitrogen and oxygen atoms in total. The quantitative estimate of drug-likeness (QED) is 0.0640. The molecule has 0 fully saturated rings. The number of ketones is 1. The molecule has 2 aromatic heterocycles. The van der Waals surface area contributed by atoms with E-state index in [1.807, 2.05) is 0 Å². The van der Waals surface area contributed by atoms with Crippen molar-refractivity contribution in [3.63, 3.8) is 0 Å². The van der Waals surface area contributed by atoms with Crippen molar-refractivity contribution in [2.24, 2.45) is 22.2 Å². The van der Waals surface area contributed by atoms with Crippen LogP contribution >= 0.6 is 11.3 Å². The van der Waals surface area contributed by atoms with E-state index < -0.39 is 45.6 Å². The molecule has 0 saturated heterocycles. The summed E-state index contributed by atoms with van der Waals surface area (Å²) in [4.78, 5) is 46.5. The first-order chi connectivity index (χ1) is 18.9. The molecule has 212 valence electrons. The lowest BCUT2D eigenvalue weighted by molar-refractivity contribution is -0.122. The lowest BCUT2D eigenvalue weighted by atomic mass is 10.1. The average Bonchev–Trinajstić information content (AvgIpc) is 3.43. The standard InChI is InChI=1S/C24H29N9O5S2/c25-21(26)16-7-5-15(6-8-16)14-40(37,38)32-18-4-2-11-33(23(18)36)13-19(34)31-17(3-1-9-30-24(27)28)20(35)22-29-10-12-39-22/h2,4-8,10-12,17,32H,1,3,9,13-14H2,(H3,25,26)(H,31,34)(H4,27,28,30)/t17-/m0/s1. The van der Waals surface area contributed by atoms with Crippen molar-refractivity contribution in [2.45, 2.75) is 31.2 Å². The number of nitrogen functional groups attached to an aromatic ring is 1. The van der Waals surface area contributed by atoms with E-state index in [0.717, 1.165) is 15.9 Å². The molecule has 0 unspecified atom stereocenters. The zero-order chi connectivity index (χ0) is 29.3. The van der Waals surface area contributed by atoms with Crippen molar-refractivity contribution in [3.05, 3.63) is 80.7 Å². The van der Waals surface area contributed by atoms with E-state index in [1.54, 1.807) is 5.38 Å². The number of aromatic nitrogens is 2. The molecule has 9 N–H and O–H groups in total. The number of aliphatic imine (C=N–C) groups is 1. The Balaban J connectivity index is 1.69. The second kappa shape index (κ2) is 13.5. The summed E-state index contributed by atoms with van der Waals surface area (Å²) >= 11 is 1.13. The number of amides is 1. The number of guanidine groups is 1. The molecular formula is C24H29N9O5S2. The van der Waals surface area contributed by atoms with Gasteiger partial charge in [0.2, 0.25) is 21.7 Å². The van der Waals surface area contributed by atoms with Gasteiger partial charge in [-0.2, -0.15) is 0 Å². The molecule has 0 aliphatic rings. The highest BCUT2D eigenvalue weighted by Crippen LogP contribution is 2.13. The van der Waals surface area contributed by atoms with Gasteiger partial charge in [-0.25, -0.2) is 13.4 Å². The van der Waals surface area contributed by atoms with Crippen molar-refractivity contribution in [3.8, 4) is 0 Å². The van der Waals surface area contributed by atoms with E-state index >= 15 is 0 Å². The predicted octanol–water partition coefficient (Wildman–Crippen LogP) is -0.0479. The number of carbonyl (C=O) groups excluding carboxylic acids is 2. The number of nitrogens with two attached hydrogens (primary N) is 3. The minimum atomic E-state index is -3.99. The number of anilines is 1. The lowest BCUT2D eigenvalue weighted by Gasteiger charge is -2.17.